The van der Waals surface area contributed by atoms with Crippen molar-refractivity contribution < 1.29 is 4.79 Å². The first kappa shape index (κ1) is 18.2. The topological polar surface area (TPSA) is 90.1 Å². The third-order valence-electron chi connectivity index (χ3n) is 5.53. The molecule has 2 aromatic heterocycles. The Kier molecular flexibility index (Phi) is 4.39. The summed E-state index contributed by atoms with van der Waals surface area (Å²) in [5, 5.41) is 1.06. The summed E-state index contributed by atoms with van der Waals surface area (Å²) in [7, 11) is 0. The van der Waals surface area contributed by atoms with Gasteiger partial charge in [0.25, 0.3) is 11.1 Å². The summed E-state index contributed by atoms with van der Waals surface area (Å²) in [6.45, 7) is 1.13. The van der Waals surface area contributed by atoms with E-state index >= 15 is 0 Å². The molecule has 4 aromatic rings. The Morgan fingerprint density at radius 3 is 2.37 bits per heavy atom. The molecule has 0 atom stereocenters. The van der Waals surface area contributed by atoms with Crippen LogP contribution in [-0.4, -0.2) is 43.0 Å². The predicted molar refractivity (Wildman–Crippen MR) is 112 cm³/mol. The number of carbonyl (C=O) groups is 1. The van der Waals surface area contributed by atoms with Crippen molar-refractivity contribution in [3.63, 3.8) is 0 Å². The summed E-state index contributed by atoms with van der Waals surface area (Å²) in [6, 6.07) is 14.3. The lowest BCUT2D eigenvalue weighted by molar-refractivity contribution is -0.131. The van der Waals surface area contributed by atoms with Gasteiger partial charge in [0.1, 0.15) is 12.4 Å². The summed E-state index contributed by atoms with van der Waals surface area (Å²) >= 11 is 0. The van der Waals surface area contributed by atoms with Crippen LogP contribution in [-0.2, 0) is 24.3 Å². The van der Waals surface area contributed by atoms with Gasteiger partial charge in [0.05, 0.1) is 28.1 Å². The molecule has 0 aliphatic carbocycles. The minimum absolute atomic E-state index is 0.0835. The molecular weight excluding hydrogens is 382 g/mol. The van der Waals surface area contributed by atoms with Crippen molar-refractivity contribution in [2.75, 3.05) is 13.1 Å². The van der Waals surface area contributed by atoms with Crippen LogP contribution in [0.25, 0.3) is 21.8 Å². The Hall–Kier alpha value is -3.81. The van der Waals surface area contributed by atoms with Crippen molar-refractivity contribution in [3.8, 4) is 0 Å². The van der Waals surface area contributed by atoms with Gasteiger partial charge in [-0.3, -0.25) is 23.5 Å². The van der Waals surface area contributed by atoms with E-state index in [2.05, 4.69) is 9.97 Å². The van der Waals surface area contributed by atoms with Crippen LogP contribution in [0.2, 0.25) is 0 Å². The maximum Gasteiger partial charge on any atom is 0.261 e. The summed E-state index contributed by atoms with van der Waals surface area (Å²) in [5.41, 5.74) is 0.951. The fourth-order valence-corrected chi connectivity index (χ4v) is 3.92. The lowest BCUT2D eigenvalue weighted by atomic mass is 10.2. The first-order chi connectivity index (χ1) is 14.6. The highest BCUT2D eigenvalue weighted by Crippen LogP contribution is 2.12. The van der Waals surface area contributed by atoms with Gasteiger partial charge in [-0.2, -0.15) is 0 Å². The molecule has 3 heterocycles. The number of fused-ring (bicyclic) bond motifs is 3. The molecule has 0 saturated heterocycles. The second kappa shape index (κ2) is 7.22. The molecule has 0 spiro atoms. The Bertz CT molecular complexity index is 1410. The van der Waals surface area contributed by atoms with E-state index in [-0.39, 0.29) is 23.6 Å². The quantitative estimate of drug-likeness (QED) is 0.503. The first-order valence-corrected chi connectivity index (χ1v) is 9.82. The number of rotatable bonds is 2. The van der Waals surface area contributed by atoms with Gasteiger partial charge in [0.15, 0.2) is 0 Å². The van der Waals surface area contributed by atoms with Crippen LogP contribution in [0.15, 0.2) is 64.4 Å². The monoisotopic (exact) mass is 401 g/mol. The van der Waals surface area contributed by atoms with E-state index in [4.69, 9.17) is 0 Å². The molecule has 0 unspecified atom stereocenters. The minimum atomic E-state index is -0.240. The minimum Gasteiger partial charge on any atom is -0.339 e. The maximum atomic E-state index is 12.9. The van der Waals surface area contributed by atoms with Gasteiger partial charge in [-0.25, -0.2) is 9.97 Å². The second-order valence-electron chi connectivity index (χ2n) is 7.33. The Morgan fingerprint density at radius 1 is 0.867 bits per heavy atom. The predicted octanol–water partition coefficient (Wildman–Crippen LogP) is 1.19. The number of hydrogen-bond acceptors (Lipinski definition) is 5. The zero-order valence-corrected chi connectivity index (χ0v) is 16.2. The highest BCUT2D eigenvalue weighted by atomic mass is 16.2. The third-order valence-corrected chi connectivity index (χ3v) is 5.53. The van der Waals surface area contributed by atoms with Gasteiger partial charge in [-0.1, -0.05) is 24.3 Å². The zero-order valence-electron chi connectivity index (χ0n) is 16.2. The number of amides is 1. The molecule has 30 heavy (non-hydrogen) atoms. The summed E-state index contributed by atoms with van der Waals surface area (Å²) < 4.78 is 2.99. The van der Waals surface area contributed by atoms with E-state index in [0.29, 0.717) is 53.7 Å². The molecule has 1 amide bonds. The molecule has 5 rings (SSSR count). The van der Waals surface area contributed by atoms with Crippen molar-refractivity contribution in [2.45, 2.75) is 19.5 Å². The summed E-state index contributed by atoms with van der Waals surface area (Å²) in [5.74, 6) is 0.498. The van der Waals surface area contributed by atoms with Gasteiger partial charge >= 0.3 is 0 Å². The fourth-order valence-electron chi connectivity index (χ4n) is 3.92. The Balaban J connectivity index is 1.40. The van der Waals surface area contributed by atoms with Crippen molar-refractivity contribution in [3.05, 3.63) is 81.4 Å². The van der Waals surface area contributed by atoms with Crippen LogP contribution >= 0.6 is 0 Å². The number of hydrogen-bond donors (Lipinski definition) is 0. The molecule has 0 bridgehead atoms. The van der Waals surface area contributed by atoms with Gasteiger partial charge in [-0.05, 0) is 24.3 Å². The van der Waals surface area contributed by atoms with Crippen LogP contribution in [0.5, 0.6) is 0 Å². The zero-order chi connectivity index (χ0) is 20.7. The summed E-state index contributed by atoms with van der Waals surface area (Å²) in [4.78, 5) is 49.0. The molecular formula is C22H19N5O3. The SMILES string of the molecule is O=C(Cn1cnc2ccccc2c1=O)N1CCc2nc3ccccc3c(=O)n2CC1. The smallest absolute Gasteiger partial charge is 0.261 e. The normalized spacial score (nSPS) is 13.9. The van der Waals surface area contributed by atoms with Gasteiger partial charge in [0.2, 0.25) is 5.91 Å². The number of nitrogens with zero attached hydrogens (tertiary/aromatic N) is 5. The molecule has 1 aliphatic rings. The third kappa shape index (κ3) is 3.06. The largest absolute Gasteiger partial charge is 0.339 e. The van der Waals surface area contributed by atoms with Crippen molar-refractivity contribution in [1.82, 2.24) is 24.0 Å². The summed E-state index contributed by atoms with van der Waals surface area (Å²) in [6.07, 6.45) is 1.89. The lowest BCUT2D eigenvalue weighted by Crippen LogP contribution is -2.38. The van der Waals surface area contributed by atoms with E-state index in [0.717, 1.165) is 0 Å². The first-order valence-electron chi connectivity index (χ1n) is 9.82. The van der Waals surface area contributed by atoms with Gasteiger partial charge in [-0.15, -0.1) is 0 Å². The Morgan fingerprint density at radius 2 is 1.57 bits per heavy atom. The number of carbonyl (C=O) groups excluding carboxylic acids is 1. The van der Waals surface area contributed by atoms with Crippen LogP contribution in [0.4, 0.5) is 0 Å². The molecule has 1 aliphatic heterocycles. The maximum absolute atomic E-state index is 12.9. The van der Waals surface area contributed by atoms with Crippen molar-refractivity contribution in [2.24, 2.45) is 0 Å². The average Bonchev–Trinajstić information content (AvgIpc) is 2.99. The van der Waals surface area contributed by atoms with Crippen LogP contribution in [0.1, 0.15) is 5.82 Å². The molecule has 0 N–H and O–H groups in total. The van der Waals surface area contributed by atoms with Crippen LogP contribution < -0.4 is 11.1 Å². The van der Waals surface area contributed by atoms with Crippen LogP contribution in [0.3, 0.4) is 0 Å². The van der Waals surface area contributed by atoms with Crippen molar-refractivity contribution in [1.29, 1.82) is 0 Å². The molecule has 2 aromatic carbocycles. The average molecular weight is 401 g/mol. The Labute approximate surface area is 171 Å². The molecule has 0 radical (unpaired) electrons. The molecule has 8 heteroatoms. The van der Waals surface area contributed by atoms with E-state index in [9.17, 15) is 14.4 Å². The standard InChI is InChI=1S/C22H19N5O3/c28-20(13-26-14-23-17-7-3-1-5-15(17)21(26)29)25-10-9-19-24-18-8-4-2-6-16(18)22(30)27(19)12-11-25/h1-8,14H,9-13H2. The molecule has 150 valence electrons. The second-order valence-corrected chi connectivity index (χ2v) is 7.33. The number of aromatic nitrogens is 4. The molecule has 0 fully saturated rings. The van der Waals surface area contributed by atoms with E-state index in [1.165, 1.54) is 10.9 Å². The van der Waals surface area contributed by atoms with Gasteiger partial charge in [0, 0.05) is 26.1 Å². The van der Waals surface area contributed by atoms with Crippen LogP contribution in [0, 0.1) is 0 Å². The molecule has 0 saturated carbocycles. The lowest BCUT2D eigenvalue weighted by Gasteiger charge is -2.20. The van der Waals surface area contributed by atoms with E-state index in [1.54, 1.807) is 33.7 Å². The number of benzene rings is 2. The van der Waals surface area contributed by atoms with Gasteiger partial charge < -0.3 is 4.90 Å². The van der Waals surface area contributed by atoms with E-state index < -0.39 is 0 Å². The fraction of sp³-hybridized carbons (Fsp3) is 0.227. The molecule has 8 nitrogen and oxygen atoms in total. The number of para-hydroxylation sites is 2. The highest BCUT2D eigenvalue weighted by molar-refractivity contribution is 5.79. The van der Waals surface area contributed by atoms with Crippen molar-refractivity contribution >= 4 is 27.7 Å². The van der Waals surface area contributed by atoms with E-state index in [1.807, 2.05) is 24.3 Å². The highest BCUT2D eigenvalue weighted by Gasteiger charge is 2.21.